The fourth-order valence-corrected chi connectivity index (χ4v) is 4.27. The third-order valence-electron chi connectivity index (χ3n) is 5.86. The molecule has 1 aromatic heterocycles. The highest BCUT2D eigenvalue weighted by Crippen LogP contribution is 2.32. The second-order valence-electron chi connectivity index (χ2n) is 7.90. The van der Waals surface area contributed by atoms with Crippen LogP contribution in [0.4, 0.5) is 17.5 Å². The Kier molecular flexibility index (Phi) is 5.51. The number of aromatic amines is 1. The van der Waals surface area contributed by atoms with Gasteiger partial charge in [-0.15, -0.1) is 0 Å². The molecule has 2 aromatic rings. The van der Waals surface area contributed by atoms with Gasteiger partial charge in [0, 0.05) is 29.7 Å². The molecular formula is C21H24ClN5O3. The molecule has 158 valence electrons. The SMILES string of the molecule is Cc1c(Cl)cccc1NC(=O)[C@H]1CC(=O)Nc2nc(N3CCCC[C@H]3C)[nH]c(=O)c21. The summed E-state index contributed by atoms with van der Waals surface area (Å²) in [6.07, 6.45) is 3.04. The second-order valence-corrected chi connectivity index (χ2v) is 8.30. The molecule has 3 heterocycles. The molecule has 1 fully saturated rings. The molecular weight excluding hydrogens is 406 g/mol. The van der Waals surface area contributed by atoms with Crippen LogP contribution in [0.15, 0.2) is 23.0 Å². The van der Waals surface area contributed by atoms with Gasteiger partial charge in [0.1, 0.15) is 5.82 Å². The third kappa shape index (κ3) is 3.79. The molecule has 0 radical (unpaired) electrons. The number of carbonyl (C=O) groups excluding carboxylic acids is 2. The minimum absolute atomic E-state index is 0.122. The standard InChI is InChI=1S/C21H24ClN5O3/c1-11-6-3-4-9-27(11)21-25-18-17(20(30)26-21)13(10-16(28)24-18)19(29)23-15-8-5-7-14(22)12(15)2/h5,7-8,11,13H,3-4,6,9-10H2,1-2H3,(H,23,29)(H2,24,25,26,28,30)/t11-,13+/m1/s1. The predicted octanol–water partition coefficient (Wildman–Crippen LogP) is 3.18. The molecule has 0 spiro atoms. The number of amides is 2. The molecule has 2 amide bonds. The number of anilines is 3. The number of halogens is 1. The van der Waals surface area contributed by atoms with Crippen molar-refractivity contribution in [2.75, 3.05) is 22.1 Å². The fourth-order valence-electron chi connectivity index (χ4n) is 4.09. The Morgan fingerprint density at radius 1 is 1.30 bits per heavy atom. The maximum atomic E-state index is 13.0. The van der Waals surface area contributed by atoms with E-state index in [0.717, 1.165) is 31.4 Å². The van der Waals surface area contributed by atoms with Gasteiger partial charge >= 0.3 is 0 Å². The molecule has 30 heavy (non-hydrogen) atoms. The minimum atomic E-state index is -0.934. The van der Waals surface area contributed by atoms with Gasteiger partial charge in [0.05, 0.1) is 11.5 Å². The molecule has 2 atom stereocenters. The summed E-state index contributed by atoms with van der Waals surface area (Å²) in [5.74, 6) is -1.14. The summed E-state index contributed by atoms with van der Waals surface area (Å²) in [6.45, 7) is 4.66. The zero-order valence-corrected chi connectivity index (χ0v) is 17.7. The minimum Gasteiger partial charge on any atom is -0.340 e. The number of carbonyl (C=O) groups is 2. The van der Waals surface area contributed by atoms with E-state index in [1.165, 1.54) is 0 Å². The Hall–Kier alpha value is -2.87. The number of H-pyrrole nitrogens is 1. The lowest BCUT2D eigenvalue weighted by Crippen LogP contribution is -2.42. The van der Waals surface area contributed by atoms with Crippen LogP contribution in [0.1, 0.15) is 49.7 Å². The number of fused-ring (bicyclic) bond motifs is 1. The first-order valence-corrected chi connectivity index (χ1v) is 10.5. The summed E-state index contributed by atoms with van der Waals surface area (Å²) in [7, 11) is 0. The Bertz CT molecular complexity index is 1070. The van der Waals surface area contributed by atoms with E-state index in [2.05, 4.69) is 27.5 Å². The predicted molar refractivity (Wildman–Crippen MR) is 116 cm³/mol. The van der Waals surface area contributed by atoms with Crippen molar-refractivity contribution in [1.82, 2.24) is 9.97 Å². The lowest BCUT2D eigenvalue weighted by Gasteiger charge is -2.34. The molecule has 4 rings (SSSR count). The molecule has 0 saturated carbocycles. The van der Waals surface area contributed by atoms with Crippen LogP contribution in [0.2, 0.25) is 5.02 Å². The van der Waals surface area contributed by atoms with E-state index in [1.807, 2.05) is 4.90 Å². The maximum absolute atomic E-state index is 13.0. The average Bonchev–Trinajstić information content (AvgIpc) is 2.70. The third-order valence-corrected chi connectivity index (χ3v) is 6.27. The number of benzene rings is 1. The first kappa shape index (κ1) is 20.4. The summed E-state index contributed by atoms with van der Waals surface area (Å²) >= 11 is 6.13. The fraction of sp³-hybridized carbons (Fsp3) is 0.429. The summed E-state index contributed by atoms with van der Waals surface area (Å²) in [5, 5.41) is 5.99. The quantitative estimate of drug-likeness (QED) is 0.694. The van der Waals surface area contributed by atoms with Crippen LogP contribution in [-0.2, 0) is 9.59 Å². The van der Waals surface area contributed by atoms with Crippen molar-refractivity contribution in [2.24, 2.45) is 0 Å². The van der Waals surface area contributed by atoms with Gasteiger partial charge in [0.15, 0.2) is 0 Å². The highest BCUT2D eigenvalue weighted by molar-refractivity contribution is 6.31. The summed E-state index contributed by atoms with van der Waals surface area (Å²) < 4.78 is 0. The normalized spacial score (nSPS) is 21.0. The van der Waals surface area contributed by atoms with Crippen molar-refractivity contribution in [3.8, 4) is 0 Å². The maximum Gasteiger partial charge on any atom is 0.258 e. The zero-order valence-electron chi connectivity index (χ0n) is 16.9. The van der Waals surface area contributed by atoms with Crippen molar-refractivity contribution < 1.29 is 9.59 Å². The Morgan fingerprint density at radius 2 is 2.10 bits per heavy atom. The Morgan fingerprint density at radius 3 is 2.87 bits per heavy atom. The number of rotatable bonds is 3. The summed E-state index contributed by atoms with van der Waals surface area (Å²) in [4.78, 5) is 47.6. The van der Waals surface area contributed by atoms with Gasteiger partial charge in [-0.2, -0.15) is 4.98 Å². The lowest BCUT2D eigenvalue weighted by molar-refractivity contribution is -0.123. The topological polar surface area (TPSA) is 107 Å². The lowest BCUT2D eigenvalue weighted by atomic mass is 9.92. The number of hydrogen-bond acceptors (Lipinski definition) is 5. The van der Waals surface area contributed by atoms with Gasteiger partial charge in [-0.3, -0.25) is 19.4 Å². The smallest absolute Gasteiger partial charge is 0.258 e. The van der Waals surface area contributed by atoms with Crippen LogP contribution in [0.3, 0.4) is 0 Å². The van der Waals surface area contributed by atoms with Gasteiger partial charge in [0.25, 0.3) is 5.56 Å². The largest absolute Gasteiger partial charge is 0.340 e. The molecule has 1 aromatic carbocycles. The van der Waals surface area contributed by atoms with Crippen molar-refractivity contribution >= 4 is 40.9 Å². The average molecular weight is 430 g/mol. The van der Waals surface area contributed by atoms with Gasteiger partial charge in [-0.1, -0.05) is 17.7 Å². The first-order chi connectivity index (χ1) is 14.3. The van der Waals surface area contributed by atoms with E-state index < -0.39 is 17.4 Å². The molecule has 0 bridgehead atoms. The van der Waals surface area contributed by atoms with Gasteiger partial charge in [-0.25, -0.2) is 0 Å². The highest BCUT2D eigenvalue weighted by atomic mass is 35.5. The molecule has 9 heteroatoms. The molecule has 8 nitrogen and oxygen atoms in total. The van der Waals surface area contributed by atoms with Crippen LogP contribution in [0.25, 0.3) is 0 Å². The molecule has 2 aliphatic heterocycles. The molecule has 2 aliphatic rings. The van der Waals surface area contributed by atoms with Crippen LogP contribution in [0, 0.1) is 6.92 Å². The number of nitrogens with zero attached hydrogens (tertiary/aromatic N) is 2. The van der Waals surface area contributed by atoms with Crippen LogP contribution >= 0.6 is 11.6 Å². The van der Waals surface area contributed by atoms with E-state index in [1.54, 1.807) is 25.1 Å². The van der Waals surface area contributed by atoms with Crippen LogP contribution in [0.5, 0.6) is 0 Å². The van der Waals surface area contributed by atoms with E-state index in [4.69, 9.17) is 11.6 Å². The number of nitrogens with one attached hydrogen (secondary N) is 3. The van der Waals surface area contributed by atoms with Gasteiger partial charge in [-0.05, 0) is 50.8 Å². The van der Waals surface area contributed by atoms with Crippen LogP contribution in [-0.4, -0.2) is 34.4 Å². The van der Waals surface area contributed by atoms with E-state index in [0.29, 0.717) is 16.7 Å². The van der Waals surface area contributed by atoms with E-state index >= 15 is 0 Å². The van der Waals surface area contributed by atoms with Crippen molar-refractivity contribution in [1.29, 1.82) is 0 Å². The van der Waals surface area contributed by atoms with Crippen molar-refractivity contribution in [2.45, 2.75) is 51.5 Å². The first-order valence-electron chi connectivity index (χ1n) is 10.1. The molecule has 1 saturated heterocycles. The van der Waals surface area contributed by atoms with Crippen molar-refractivity contribution in [3.63, 3.8) is 0 Å². The van der Waals surface area contributed by atoms with E-state index in [9.17, 15) is 14.4 Å². The van der Waals surface area contributed by atoms with Gasteiger partial charge in [0.2, 0.25) is 17.8 Å². The summed E-state index contributed by atoms with van der Waals surface area (Å²) in [5.41, 5.74) is 1.04. The molecule has 0 aliphatic carbocycles. The molecule has 0 unspecified atom stereocenters. The monoisotopic (exact) mass is 429 g/mol. The highest BCUT2D eigenvalue weighted by Gasteiger charge is 2.35. The second kappa shape index (κ2) is 8.10. The van der Waals surface area contributed by atoms with Gasteiger partial charge < -0.3 is 15.5 Å². The number of aromatic nitrogens is 2. The van der Waals surface area contributed by atoms with Crippen molar-refractivity contribution in [3.05, 3.63) is 44.7 Å². The number of piperidine rings is 1. The zero-order chi connectivity index (χ0) is 21.4. The van der Waals surface area contributed by atoms with E-state index in [-0.39, 0.29) is 29.8 Å². The number of hydrogen-bond donors (Lipinski definition) is 3. The summed E-state index contributed by atoms with van der Waals surface area (Å²) in [6, 6.07) is 5.43. The Labute approximate surface area is 179 Å². The Balaban J connectivity index is 1.68. The van der Waals surface area contributed by atoms with Crippen LogP contribution < -0.4 is 21.1 Å². The molecule has 3 N–H and O–H groups in total.